The number of hydrogen-bond acceptors (Lipinski definition) is 1. The Morgan fingerprint density at radius 3 is 1.40 bits per heavy atom. The lowest BCUT2D eigenvalue weighted by molar-refractivity contribution is 0.660. The zero-order chi connectivity index (χ0) is 58.8. The second-order valence-corrected chi connectivity index (χ2v) is 13.2. The summed E-state index contributed by atoms with van der Waals surface area (Å²) in [5.41, 5.74) is -10.9. The Morgan fingerprint density at radius 1 is 0.377 bits per heavy atom. The standard InChI is InChI=1S/C52H37N/c1-51(2)41-22-10-8-20-39(41)49-45(51)26-14-28-47(49)53(36-32-30-35(31-33-36)34-16-4-3-5-17-34)48-29-15-27-46-50(48)40-21-9-13-25-44(40)52(46)42-23-11-6-18-37(42)38-19-7-12-24-43(38)52/h3-33H,1-2H3/i3D,4D,5D,6D,7D,8D,9D,10D,11D,12D,13D,14D,15D,16D,17D,18D,19D,20D,21D,22D,23D,24D,25D,26D,27D,30D,31D. The lowest BCUT2D eigenvalue weighted by Gasteiger charge is -2.32. The van der Waals surface area contributed by atoms with Crippen LogP contribution in [-0.2, 0) is 10.8 Å². The molecule has 1 nitrogen and oxygen atoms in total. The van der Waals surface area contributed by atoms with Crippen molar-refractivity contribution in [3.8, 4) is 44.5 Å². The van der Waals surface area contributed by atoms with Gasteiger partial charge in [0.05, 0.1) is 53.8 Å². The molecule has 8 aromatic rings. The molecule has 8 aromatic carbocycles. The summed E-state index contributed by atoms with van der Waals surface area (Å²) in [5.74, 6) is 0. The summed E-state index contributed by atoms with van der Waals surface area (Å²) >= 11 is 0. The molecule has 3 aliphatic carbocycles. The van der Waals surface area contributed by atoms with E-state index in [1.807, 2.05) is 0 Å². The van der Waals surface area contributed by atoms with Crippen LogP contribution in [0.25, 0.3) is 44.5 Å². The van der Waals surface area contributed by atoms with Gasteiger partial charge in [-0.3, -0.25) is 0 Å². The van der Waals surface area contributed by atoms with Crippen LogP contribution in [-0.4, -0.2) is 0 Å². The fourth-order valence-electron chi connectivity index (χ4n) is 8.11. The van der Waals surface area contributed by atoms with E-state index in [1.54, 1.807) is 13.8 Å². The molecule has 0 bridgehead atoms. The van der Waals surface area contributed by atoms with E-state index >= 15 is 0 Å². The van der Waals surface area contributed by atoms with Gasteiger partial charge < -0.3 is 4.90 Å². The molecule has 250 valence electrons. The highest BCUT2D eigenvalue weighted by molar-refractivity contribution is 6.03. The van der Waals surface area contributed by atoms with Crippen LogP contribution in [0.5, 0.6) is 0 Å². The summed E-state index contributed by atoms with van der Waals surface area (Å²) in [5, 5.41) is 0. The summed E-state index contributed by atoms with van der Waals surface area (Å²) in [4.78, 5) is 1.16. The van der Waals surface area contributed by atoms with E-state index < -0.39 is 235 Å². The van der Waals surface area contributed by atoms with Crippen molar-refractivity contribution in [2.75, 3.05) is 4.90 Å². The van der Waals surface area contributed by atoms with Crippen LogP contribution in [0.3, 0.4) is 0 Å². The second kappa shape index (κ2) is 11.0. The van der Waals surface area contributed by atoms with Gasteiger partial charge in [0.1, 0.15) is 0 Å². The molecule has 3 aliphatic rings. The van der Waals surface area contributed by atoms with Crippen molar-refractivity contribution in [3.05, 3.63) is 221 Å². The first-order chi connectivity index (χ1) is 37.3. The predicted molar refractivity (Wildman–Crippen MR) is 220 cm³/mol. The average Bonchev–Trinajstić information content (AvgIpc) is 4.01. The molecule has 0 atom stereocenters. The number of benzene rings is 8. The maximum Gasteiger partial charge on any atom is 0.0726 e. The number of fused-ring (bicyclic) bond motifs is 13. The summed E-state index contributed by atoms with van der Waals surface area (Å²) in [6.45, 7) is 3.12. The van der Waals surface area contributed by atoms with Gasteiger partial charge in [0.2, 0.25) is 0 Å². The fraction of sp³-hybridized carbons (Fsp3) is 0.0769. The maximum atomic E-state index is 9.99. The third kappa shape index (κ3) is 3.97. The Morgan fingerprint density at radius 2 is 0.792 bits per heavy atom. The van der Waals surface area contributed by atoms with Crippen LogP contribution in [0.2, 0.25) is 0 Å². The first-order valence-corrected chi connectivity index (χ1v) is 16.5. The first kappa shape index (κ1) is 13.8. The van der Waals surface area contributed by atoms with Gasteiger partial charge in [-0.1, -0.05) is 177 Å². The molecule has 0 aromatic heterocycles. The van der Waals surface area contributed by atoms with Crippen LogP contribution in [0, 0.1) is 0 Å². The molecule has 0 fully saturated rings. The average molecular weight is 703 g/mol. The predicted octanol–water partition coefficient (Wildman–Crippen LogP) is 13.5. The SMILES string of the molecule is [2H]c1cc(N(c2cc([2H])c(-c3c([2H])c([2H])c([2H])c([2H])c3[2H])c([2H])c2)c2cc([2H])c([2H])c3c2-c2c([2H])c([2H])c([2H])c([2H])c2C32c3c([2H])c([2H])c([2H])c([2H])c3-c3c([2H])c([2H])c([2H])c([2H])c32)c2c(c1[2H])C(C)(C)c1c([2H])c([2H])c([2H])c([2H])c1-2. The molecule has 0 saturated carbocycles. The normalized spacial score (nSPS) is 21.7. The molecule has 11 rings (SSSR count). The van der Waals surface area contributed by atoms with Gasteiger partial charge in [-0.2, -0.15) is 0 Å². The van der Waals surface area contributed by atoms with E-state index in [1.165, 1.54) is 0 Å². The summed E-state index contributed by atoms with van der Waals surface area (Å²) in [6.07, 6.45) is 0. The van der Waals surface area contributed by atoms with Crippen molar-refractivity contribution >= 4 is 17.1 Å². The van der Waals surface area contributed by atoms with Crippen LogP contribution < -0.4 is 4.90 Å². The Hall–Kier alpha value is -6.44. The number of anilines is 3. The van der Waals surface area contributed by atoms with Gasteiger partial charge in [0, 0.05) is 22.2 Å². The highest BCUT2D eigenvalue weighted by Gasteiger charge is 2.52. The van der Waals surface area contributed by atoms with Crippen LogP contribution in [0.15, 0.2) is 187 Å². The highest BCUT2D eigenvalue weighted by atomic mass is 15.1. The largest absolute Gasteiger partial charge is 0.309 e. The summed E-state index contributed by atoms with van der Waals surface area (Å²) < 4.78 is 248. The second-order valence-electron chi connectivity index (χ2n) is 13.2. The lowest BCUT2D eigenvalue weighted by atomic mass is 9.70. The van der Waals surface area contributed by atoms with Crippen molar-refractivity contribution in [3.63, 3.8) is 0 Å². The quantitative estimate of drug-likeness (QED) is 0.176. The van der Waals surface area contributed by atoms with E-state index in [0.717, 1.165) is 29.2 Å². The topological polar surface area (TPSA) is 3.24 Å². The van der Waals surface area contributed by atoms with E-state index in [4.69, 9.17) is 17.8 Å². The molecule has 0 N–H and O–H groups in total. The van der Waals surface area contributed by atoms with Gasteiger partial charge in [-0.25, -0.2) is 0 Å². The molecule has 0 saturated heterocycles. The van der Waals surface area contributed by atoms with Crippen LogP contribution >= 0.6 is 0 Å². The van der Waals surface area contributed by atoms with Gasteiger partial charge in [0.25, 0.3) is 0 Å². The van der Waals surface area contributed by atoms with E-state index in [-0.39, 0.29) is 33.6 Å². The summed E-state index contributed by atoms with van der Waals surface area (Å²) in [6, 6.07) is -16.6. The highest BCUT2D eigenvalue weighted by Crippen LogP contribution is 2.65. The van der Waals surface area contributed by atoms with Gasteiger partial charge >= 0.3 is 0 Å². The van der Waals surface area contributed by atoms with Crippen molar-refractivity contribution in [2.24, 2.45) is 0 Å². The maximum absolute atomic E-state index is 9.99. The van der Waals surface area contributed by atoms with Crippen molar-refractivity contribution in [1.82, 2.24) is 0 Å². The van der Waals surface area contributed by atoms with E-state index in [9.17, 15) is 19.2 Å². The van der Waals surface area contributed by atoms with Crippen LogP contribution in [0.1, 0.15) is 84.2 Å². The van der Waals surface area contributed by atoms with Gasteiger partial charge in [-0.05, 0) is 91.0 Å². The number of nitrogens with zero attached hydrogens (tertiary/aromatic N) is 1. The molecule has 53 heavy (non-hydrogen) atoms. The Labute approximate surface area is 349 Å². The Kier molecular flexibility index (Phi) is 2.88. The zero-order valence-corrected chi connectivity index (χ0v) is 27.8. The van der Waals surface area contributed by atoms with Gasteiger partial charge in [-0.15, -0.1) is 0 Å². The zero-order valence-electron chi connectivity index (χ0n) is 54.8. The monoisotopic (exact) mass is 702 g/mol. The molecule has 0 unspecified atom stereocenters. The Balaban J connectivity index is 1.42. The molecule has 1 spiro atoms. The fourth-order valence-corrected chi connectivity index (χ4v) is 8.11. The minimum absolute atomic E-state index is 0.0218. The summed E-state index contributed by atoms with van der Waals surface area (Å²) in [7, 11) is 0. The van der Waals surface area contributed by atoms with Crippen LogP contribution in [0.4, 0.5) is 17.1 Å². The molecule has 0 amide bonds. The molecule has 0 radical (unpaired) electrons. The molecular formula is C52H37N. The van der Waals surface area contributed by atoms with E-state index in [0.29, 0.717) is 0 Å². The van der Waals surface area contributed by atoms with Gasteiger partial charge in [0.15, 0.2) is 0 Å². The lowest BCUT2D eigenvalue weighted by Crippen LogP contribution is -2.26. The number of rotatable bonds is 4. The molecule has 1 heteroatoms. The number of hydrogen-bond donors (Lipinski definition) is 0. The Bertz CT molecular complexity index is 4190. The smallest absolute Gasteiger partial charge is 0.0726 e. The third-order valence-corrected chi connectivity index (χ3v) is 10.3. The molecule has 0 aliphatic heterocycles. The van der Waals surface area contributed by atoms with Crippen molar-refractivity contribution in [1.29, 1.82) is 0 Å². The molecular weight excluding hydrogens is 639 g/mol. The third-order valence-electron chi connectivity index (χ3n) is 10.3. The molecule has 0 heterocycles. The minimum Gasteiger partial charge on any atom is -0.309 e. The minimum atomic E-state index is -2.75. The van der Waals surface area contributed by atoms with Crippen molar-refractivity contribution in [2.45, 2.75) is 24.7 Å². The van der Waals surface area contributed by atoms with E-state index in [2.05, 4.69) is 0 Å². The van der Waals surface area contributed by atoms with Crippen molar-refractivity contribution < 1.29 is 37.0 Å². The first-order valence-electron chi connectivity index (χ1n) is 30.0.